The Labute approximate surface area is 97.5 Å². The maximum Gasteiger partial charge on any atom is 0.320 e. The Bertz CT molecular complexity index is 329. The second-order valence-electron chi connectivity index (χ2n) is 3.26. The molecule has 0 aliphatic carbocycles. The van der Waals surface area contributed by atoms with Crippen LogP contribution < -0.4 is 16.6 Å². The van der Waals surface area contributed by atoms with Gasteiger partial charge in [-0.15, -0.1) is 0 Å². The Hall–Kier alpha value is -1.96. The molecule has 0 radical (unpaired) electrons. The summed E-state index contributed by atoms with van der Waals surface area (Å²) in [6, 6.07) is -1.13. The van der Waals surface area contributed by atoms with Crippen molar-refractivity contribution in [2.45, 2.75) is 32.2 Å². The minimum absolute atomic E-state index is 0.0333. The van der Waals surface area contributed by atoms with Crippen LogP contribution in [0.5, 0.6) is 0 Å². The number of hydrazine groups is 1. The van der Waals surface area contributed by atoms with Crippen LogP contribution >= 0.6 is 0 Å². The molecule has 96 valence electrons. The lowest BCUT2D eigenvalue weighted by molar-refractivity contribution is -0.140. The molecular formula is C9H15N3O5. The molecule has 0 rings (SSSR count). The summed E-state index contributed by atoms with van der Waals surface area (Å²) >= 11 is 0. The first-order valence-electron chi connectivity index (χ1n) is 4.98. The smallest absolute Gasteiger partial charge is 0.320 e. The lowest BCUT2D eigenvalue weighted by Gasteiger charge is -2.07. The van der Waals surface area contributed by atoms with Crippen LogP contribution in [0.25, 0.3) is 0 Å². The van der Waals surface area contributed by atoms with Crippen molar-refractivity contribution in [2.75, 3.05) is 0 Å². The first-order chi connectivity index (χ1) is 7.88. The number of rotatable bonds is 6. The van der Waals surface area contributed by atoms with Crippen LogP contribution in [0.4, 0.5) is 0 Å². The quantitative estimate of drug-likeness (QED) is 0.325. The van der Waals surface area contributed by atoms with Crippen LogP contribution in [0.1, 0.15) is 26.2 Å². The van der Waals surface area contributed by atoms with Gasteiger partial charge in [0.2, 0.25) is 11.7 Å². The predicted molar refractivity (Wildman–Crippen MR) is 56.4 cm³/mol. The first-order valence-corrected chi connectivity index (χ1v) is 4.98. The van der Waals surface area contributed by atoms with E-state index in [1.54, 1.807) is 0 Å². The van der Waals surface area contributed by atoms with E-state index >= 15 is 0 Å². The zero-order valence-electron chi connectivity index (χ0n) is 9.36. The number of nitrogens with two attached hydrogens (primary N) is 1. The summed E-state index contributed by atoms with van der Waals surface area (Å²) in [4.78, 5) is 43.2. The SMILES string of the molecule is CCC(=O)C(=O)NNC(=O)CC[C@H](N)C(=O)O. The third-order valence-electron chi connectivity index (χ3n) is 1.89. The van der Waals surface area contributed by atoms with Gasteiger partial charge in [0.25, 0.3) is 0 Å². The van der Waals surface area contributed by atoms with E-state index in [2.05, 4.69) is 0 Å². The Kier molecular flexibility index (Phi) is 6.49. The average Bonchev–Trinajstić information content (AvgIpc) is 2.31. The number of hydrogen-bond donors (Lipinski definition) is 4. The van der Waals surface area contributed by atoms with E-state index in [-0.39, 0.29) is 19.3 Å². The van der Waals surface area contributed by atoms with Gasteiger partial charge in [-0.1, -0.05) is 6.92 Å². The van der Waals surface area contributed by atoms with E-state index in [0.717, 1.165) is 0 Å². The van der Waals surface area contributed by atoms with Crippen molar-refractivity contribution in [3.05, 3.63) is 0 Å². The molecule has 8 nitrogen and oxygen atoms in total. The lowest BCUT2D eigenvalue weighted by atomic mass is 10.2. The van der Waals surface area contributed by atoms with Crippen LogP contribution in [0, 0.1) is 0 Å². The van der Waals surface area contributed by atoms with E-state index in [9.17, 15) is 19.2 Å². The maximum absolute atomic E-state index is 11.1. The van der Waals surface area contributed by atoms with Crippen LogP contribution in [-0.2, 0) is 19.2 Å². The highest BCUT2D eigenvalue weighted by Gasteiger charge is 2.15. The van der Waals surface area contributed by atoms with E-state index in [0.29, 0.717) is 0 Å². The number of Topliss-reactive ketones (excluding diaryl/α,β-unsaturated/α-hetero) is 1. The molecular weight excluding hydrogens is 230 g/mol. The fourth-order valence-electron chi connectivity index (χ4n) is 0.829. The summed E-state index contributed by atoms with van der Waals surface area (Å²) in [6.45, 7) is 1.51. The van der Waals surface area contributed by atoms with Crippen molar-refractivity contribution in [3.8, 4) is 0 Å². The number of ketones is 1. The van der Waals surface area contributed by atoms with E-state index in [1.807, 2.05) is 10.9 Å². The molecule has 0 aliphatic heterocycles. The Morgan fingerprint density at radius 1 is 1.24 bits per heavy atom. The summed E-state index contributed by atoms with van der Waals surface area (Å²) in [5.41, 5.74) is 9.06. The van der Waals surface area contributed by atoms with Gasteiger partial charge < -0.3 is 10.8 Å². The van der Waals surface area contributed by atoms with Crippen molar-refractivity contribution in [1.29, 1.82) is 0 Å². The number of amides is 2. The summed E-state index contributed by atoms with van der Waals surface area (Å²) in [5.74, 6) is -3.39. The van der Waals surface area contributed by atoms with Crippen molar-refractivity contribution in [3.63, 3.8) is 0 Å². The fraction of sp³-hybridized carbons (Fsp3) is 0.556. The maximum atomic E-state index is 11.1. The average molecular weight is 245 g/mol. The molecule has 8 heteroatoms. The van der Waals surface area contributed by atoms with Gasteiger partial charge in [0.05, 0.1) is 0 Å². The molecule has 0 saturated carbocycles. The van der Waals surface area contributed by atoms with Crippen molar-refractivity contribution in [2.24, 2.45) is 5.73 Å². The van der Waals surface area contributed by atoms with E-state index in [4.69, 9.17) is 10.8 Å². The minimum Gasteiger partial charge on any atom is -0.480 e. The molecule has 1 atom stereocenters. The van der Waals surface area contributed by atoms with Crippen molar-refractivity contribution < 1.29 is 24.3 Å². The molecule has 0 bridgehead atoms. The van der Waals surface area contributed by atoms with Crippen molar-refractivity contribution in [1.82, 2.24) is 10.9 Å². The molecule has 0 heterocycles. The van der Waals surface area contributed by atoms with Gasteiger partial charge in [0.1, 0.15) is 6.04 Å². The topological polar surface area (TPSA) is 139 Å². The van der Waals surface area contributed by atoms with Gasteiger partial charge >= 0.3 is 11.9 Å². The van der Waals surface area contributed by atoms with Gasteiger partial charge in [0.15, 0.2) is 0 Å². The third kappa shape index (κ3) is 6.25. The molecule has 0 aromatic rings. The molecule has 0 aromatic carbocycles. The number of aliphatic carboxylic acids is 1. The number of carbonyl (C=O) groups excluding carboxylic acids is 3. The summed E-state index contributed by atoms with van der Waals surface area (Å²) < 4.78 is 0. The van der Waals surface area contributed by atoms with E-state index < -0.39 is 29.6 Å². The molecule has 0 spiro atoms. The molecule has 0 unspecified atom stereocenters. The molecule has 17 heavy (non-hydrogen) atoms. The fourth-order valence-corrected chi connectivity index (χ4v) is 0.829. The van der Waals surface area contributed by atoms with Crippen LogP contribution in [0.3, 0.4) is 0 Å². The monoisotopic (exact) mass is 245 g/mol. The zero-order chi connectivity index (χ0) is 13.4. The number of carbonyl (C=O) groups is 4. The summed E-state index contributed by atoms with van der Waals surface area (Å²) in [7, 11) is 0. The molecule has 5 N–H and O–H groups in total. The van der Waals surface area contributed by atoms with Gasteiger partial charge in [-0.3, -0.25) is 30.0 Å². The summed E-state index contributed by atoms with van der Waals surface area (Å²) in [6.07, 6.45) is -0.182. The second-order valence-corrected chi connectivity index (χ2v) is 3.26. The number of carboxylic acids is 1. The standard InChI is InChI=1S/C9H15N3O5/c1-2-6(13)8(15)12-11-7(14)4-3-5(10)9(16)17/h5H,2-4,10H2,1H3,(H,11,14)(H,12,15)(H,16,17)/t5-/m0/s1. The minimum atomic E-state index is -1.21. The first kappa shape index (κ1) is 15.0. The van der Waals surface area contributed by atoms with Crippen molar-refractivity contribution >= 4 is 23.6 Å². The predicted octanol–water partition coefficient (Wildman–Crippen LogP) is -1.69. The van der Waals surface area contributed by atoms with E-state index in [1.165, 1.54) is 6.92 Å². The Balaban J connectivity index is 3.85. The Morgan fingerprint density at radius 3 is 2.29 bits per heavy atom. The molecule has 0 fully saturated rings. The zero-order valence-corrected chi connectivity index (χ0v) is 9.36. The normalized spacial score (nSPS) is 11.4. The molecule has 2 amide bonds. The summed E-state index contributed by atoms with van der Waals surface area (Å²) in [5, 5.41) is 8.45. The van der Waals surface area contributed by atoms with Gasteiger partial charge in [-0.05, 0) is 6.42 Å². The van der Waals surface area contributed by atoms with Gasteiger partial charge in [0, 0.05) is 12.8 Å². The second kappa shape index (κ2) is 7.34. The molecule has 0 aliphatic rings. The number of carboxylic acid groups (broad SMARTS) is 1. The molecule has 0 aromatic heterocycles. The number of hydrogen-bond acceptors (Lipinski definition) is 5. The highest BCUT2D eigenvalue weighted by Crippen LogP contribution is 1.93. The highest BCUT2D eigenvalue weighted by atomic mass is 16.4. The largest absolute Gasteiger partial charge is 0.480 e. The Morgan fingerprint density at radius 2 is 1.82 bits per heavy atom. The van der Waals surface area contributed by atoms with Crippen LogP contribution in [0.15, 0.2) is 0 Å². The van der Waals surface area contributed by atoms with Gasteiger partial charge in [-0.25, -0.2) is 0 Å². The molecule has 0 saturated heterocycles. The lowest BCUT2D eigenvalue weighted by Crippen LogP contribution is -2.45. The third-order valence-corrected chi connectivity index (χ3v) is 1.89. The van der Waals surface area contributed by atoms with Crippen LogP contribution in [0.2, 0.25) is 0 Å². The van der Waals surface area contributed by atoms with Crippen LogP contribution in [-0.4, -0.2) is 34.7 Å². The highest BCUT2D eigenvalue weighted by molar-refractivity contribution is 6.36. The van der Waals surface area contributed by atoms with Gasteiger partial charge in [-0.2, -0.15) is 0 Å². The number of nitrogens with one attached hydrogen (secondary N) is 2.